The molecule has 0 saturated heterocycles. The number of aliphatic hydroxyl groups excluding tert-OH is 1. The molecule has 0 saturated carbocycles. The van der Waals surface area contributed by atoms with Gasteiger partial charge in [0.15, 0.2) is 0 Å². The normalized spacial score (nSPS) is 13.3. The maximum Gasteiger partial charge on any atom is 1.00 e. The van der Waals surface area contributed by atoms with Crippen molar-refractivity contribution in [1.82, 2.24) is 5.32 Å². The van der Waals surface area contributed by atoms with E-state index in [0.29, 0.717) is 13.0 Å². The van der Waals surface area contributed by atoms with Crippen molar-refractivity contribution in [1.29, 1.82) is 0 Å². The number of rotatable bonds is 8. The van der Waals surface area contributed by atoms with Crippen LogP contribution in [0.5, 0.6) is 0 Å². The van der Waals surface area contributed by atoms with Crippen molar-refractivity contribution in [2.45, 2.75) is 32.3 Å². The summed E-state index contributed by atoms with van der Waals surface area (Å²) < 4.78 is 30.6. The van der Waals surface area contributed by atoms with Gasteiger partial charge in [-0.25, -0.2) is 8.42 Å². The van der Waals surface area contributed by atoms with Crippen LogP contribution in [-0.2, 0) is 10.1 Å². The molecule has 1 atom stereocenters. The molecule has 0 aliphatic carbocycles. The third kappa shape index (κ3) is 15.5. The minimum Gasteiger partial charge on any atom is -0.748 e. The first-order valence-corrected chi connectivity index (χ1v) is 6.35. The Kier molecular flexibility index (Phi) is 13.3. The van der Waals surface area contributed by atoms with Gasteiger partial charge in [-0.1, -0.05) is 19.8 Å². The molecule has 0 fully saturated rings. The van der Waals surface area contributed by atoms with E-state index in [4.69, 9.17) is 0 Å². The van der Waals surface area contributed by atoms with Crippen molar-refractivity contribution in [3.63, 3.8) is 0 Å². The molecule has 2 N–H and O–H groups in total. The van der Waals surface area contributed by atoms with Crippen LogP contribution < -0.4 is 56.7 Å². The molecule has 0 aliphatic rings. The molecule has 0 radical (unpaired) electrons. The Morgan fingerprint density at radius 1 is 1.47 bits per heavy atom. The van der Waals surface area contributed by atoms with Gasteiger partial charge in [-0.15, -0.1) is 0 Å². The number of aliphatic hydroxyl groups is 1. The van der Waals surface area contributed by atoms with E-state index in [1.165, 1.54) is 0 Å². The molecular formula is C8H18KNO4S. The van der Waals surface area contributed by atoms with Gasteiger partial charge < -0.3 is 15.0 Å². The number of hydrogen-bond donors (Lipinski definition) is 2. The van der Waals surface area contributed by atoms with Crippen molar-refractivity contribution in [2.75, 3.05) is 18.8 Å². The fourth-order valence-electron chi connectivity index (χ4n) is 1.01. The van der Waals surface area contributed by atoms with Crippen molar-refractivity contribution < 1.29 is 69.5 Å². The van der Waals surface area contributed by atoms with Crippen LogP contribution in [0.15, 0.2) is 0 Å². The van der Waals surface area contributed by atoms with Crippen molar-refractivity contribution >= 4 is 10.1 Å². The second-order valence-corrected chi connectivity index (χ2v) is 4.79. The summed E-state index contributed by atoms with van der Waals surface area (Å²) in [5, 5.41) is 12.0. The third-order valence-corrected chi connectivity index (χ3v) is 2.50. The molecule has 0 aromatic carbocycles. The number of hydrogen-bond acceptors (Lipinski definition) is 5. The number of unbranched alkanes of at least 4 members (excludes halogenated alkanes) is 1. The first kappa shape index (κ1) is 18.8. The monoisotopic (exact) mass is 263 g/mol. The second-order valence-electron chi connectivity index (χ2n) is 3.26. The second kappa shape index (κ2) is 10.6. The van der Waals surface area contributed by atoms with Gasteiger partial charge >= 0.3 is 51.4 Å². The quantitative estimate of drug-likeness (QED) is 0.272. The molecular weight excluding hydrogens is 245 g/mol. The Morgan fingerprint density at radius 2 is 2.07 bits per heavy atom. The van der Waals surface area contributed by atoms with E-state index < -0.39 is 22.0 Å². The summed E-state index contributed by atoms with van der Waals surface area (Å²) in [6.45, 7) is 2.48. The van der Waals surface area contributed by atoms with E-state index in [9.17, 15) is 18.1 Å². The van der Waals surface area contributed by atoms with Crippen LogP contribution >= 0.6 is 0 Å². The van der Waals surface area contributed by atoms with Gasteiger partial charge in [-0.2, -0.15) is 0 Å². The Hall–Kier alpha value is 1.47. The van der Waals surface area contributed by atoms with Crippen LogP contribution in [0.4, 0.5) is 0 Å². The molecule has 1 unspecified atom stereocenters. The van der Waals surface area contributed by atoms with E-state index >= 15 is 0 Å². The maximum atomic E-state index is 10.2. The smallest absolute Gasteiger partial charge is 0.748 e. The zero-order chi connectivity index (χ0) is 11.0. The molecule has 0 amide bonds. The van der Waals surface area contributed by atoms with Crippen LogP contribution in [-0.4, -0.2) is 43.0 Å². The molecule has 0 aliphatic heterocycles. The summed E-state index contributed by atoms with van der Waals surface area (Å²) >= 11 is 0. The zero-order valence-electron chi connectivity index (χ0n) is 9.40. The molecule has 0 bridgehead atoms. The molecule has 0 aromatic rings. The fraction of sp³-hybridized carbons (Fsp3) is 1.00. The SMILES string of the molecule is CCCCC(O)CNCCS(=O)(=O)[O-].[K+]. The first-order valence-electron chi connectivity index (χ1n) is 4.78. The predicted octanol–water partition coefficient (Wildman–Crippen LogP) is -3.32. The molecule has 7 heteroatoms. The van der Waals surface area contributed by atoms with Crippen LogP contribution in [0.25, 0.3) is 0 Å². The molecule has 0 aromatic heterocycles. The predicted molar refractivity (Wildman–Crippen MR) is 53.0 cm³/mol. The van der Waals surface area contributed by atoms with E-state index in [1.54, 1.807) is 0 Å². The van der Waals surface area contributed by atoms with Gasteiger partial charge in [0.05, 0.1) is 22.0 Å². The Morgan fingerprint density at radius 3 is 2.53 bits per heavy atom. The van der Waals surface area contributed by atoms with Crippen LogP contribution in [0.3, 0.4) is 0 Å². The van der Waals surface area contributed by atoms with Gasteiger partial charge in [0, 0.05) is 13.1 Å². The molecule has 0 rings (SSSR count). The fourth-order valence-corrected chi connectivity index (χ4v) is 1.40. The van der Waals surface area contributed by atoms with Crippen molar-refractivity contribution in [3.05, 3.63) is 0 Å². The van der Waals surface area contributed by atoms with Gasteiger partial charge in [-0.05, 0) is 6.42 Å². The summed E-state index contributed by atoms with van der Waals surface area (Å²) in [6.07, 6.45) is 2.21. The van der Waals surface area contributed by atoms with Crippen molar-refractivity contribution in [2.24, 2.45) is 0 Å². The third-order valence-electron chi connectivity index (χ3n) is 1.80. The van der Waals surface area contributed by atoms with Gasteiger partial charge in [0.2, 0.25) is 0 Å². The van der Waals surface area contributed by atoms with E-state index in [1.807, 2.05) is 6.92 Å². The molecule has 15 heavy (non-hydrogen) atoms. The van der Waals surface area contributed by atoms with Gasteiger partial charge in [0.25, 0.3) is 0 Å². The Labute approximate surface area is 134 Å². The molecule has 5 nitrogen and oxygen atoms in total. The first-order chi connectivity index (χ1) is 6.45. The average Bonchev–Trinajstić information content (AvgIpc) is 2.07. The molecule has 0 spiro atoms. The molecule has 86 valence electrons. The van der Waals surface area contributed by atoms with Gasteiger partial charge in [-0.3, -0.25) is 0 Å². The topological polar surface area (TPSA) is 89.5 Å². The Balaban J connectivity index is 0. The van der Waals surface area contributed by atoms with Crippen LogP contribution in [0.2, 0.25) is 0 Å². The maximum absolute atomic E-state index is 10.2. The van der Waals surface area contributed by atoms with E-state index in [0.717, 1.165) is 12.8 Å². The summed E-state index contributed by atoms with van der Waals surface area (Å²) in [7, 11) is -4.13. The summed E-state index contributed by atoms with van der Waals surface area (Å²) in [5.74, 6) is -0.423. The van der Waals surface area contributed by atoms with Crippen LogP contribution in [0.1, 0.15) is 26.2 Å². The summed E-state index contributed by atoms with van der Waals surface area (Å²) in [4.78, 5) is 0. The van der Waals surface area contributed by atoms with E-state index in [2.05, 4.69) is 5.32 Å². The number of nitrogens with one attached hydrogen (secondary N) is 1. The summed E-state index contributed by atoms with van der Waals surface area (Å²) in [5.41, 5.74) is 0. The summed E-state index contributed by atoms with van der Waals surface area (Å²) in [6, 6.07) is 0. The van der Waals surface area contributed by atoms with Crippen LogP contribution in [0, 0.1) is 0 Å². The minimum atomic E-state index is -4.13. The zero-order valence-corrected chi connectivity index (χ0v) is 13.3. The average molecular weight is 263 g/mol. The standard InChI is InChI=1S/C8H19NO4S.K/c1-2-3-4-8(10)7-9-5-6-14(11,12)13;/h8-10H,2-7H2,1H3,(H,11,12,13);/q;+1/p-1. The Bertz CT molecular complexity index is 233. The minimum absolute atomic E-state index is 0. The van der Waals surface area contributed by atoms with Crippen molar-refractivity contribution in [3.8, 4) is 0 Å². The largest absolute Gasteiger partial charge is 1.00 e. The van der Waals surface area contributed by atoms with Gasteiger partial charge in [0.1, 0.15) is 0 Å². The van der Waals surface area contributed by atoms with E-state index in [-0.39, 0.29) is 57.9 Å². The molecule has 0 heterocycles.